The van der Waals surface area contributed by atoms with E-state index in [1.807, 2.05) is 36.4 Å². The van der Waals surface area contributed by atoms with E-state index in [1.165, 1.54) is 4.68 Å². The largest absolute Gasteiger partial charge is 0.497 e. The molecule has 0 bridgehead atoms. The van der Waals surface area contributed by atoms with Crippen LogP contribution in [-0.2, 0) is 6.42 Å². The minimum atomic E-state index is -0.0900. The average molecular weight is 308 g/mol. The highest BCUT2D eigenvalue weighted by molar-refractivity contribution is 5.80. The molecule has 5 nitrogen and oxygen atoms in total. The predicted molar refractivity (Wildman–Crippen MR) is 87.2 cm³/mol. The summed E-state index contributed by atoms with van der Waals surface area (Å²) >= 11 is 0. The Balaban J connectivity index is 1.65. The van der Waals surface area contributed by atoms with E-state index in [0.717, 1.165) is 17.1 Å². The molecule has 0 atom stereocenters. The van der Waals surface area contributed by atoms with Crippen LogP contribution >= 0.6 is 0 Å². The van der Waals surface area contributed by atoms with Gasteiger partial charge in [-0.1, -0.05) is 12.1 Å². The Labute approximate surface area is 133 Å². The maximum absolute atomic E-state index is 12.2. The summed E-state index contributed by atoms with van der Waals surface area (Å²) in [5.74, 6) is 1.42. The molecule has 3 rings (SSSR count). The molecule has 23 heavy (non-hydrogen) atoms. The first kappa shape index (κ1) is 14.8. The predicted octanol–water partition coefficient (Wildman–Crippen LogP) is 3.54. The summed E-state index contributed by atoms with van der Waals surface area (Å²) in [4.78, 5) is 12.2. The summed E-state index contributed by atoms with van der Waals surface area (Å²) in [6.07, 6.45) is 7.16. The van der Waals surface area contributed by atoms with E-state index in [-0.39, 0.29) is 12.3 Å². The molecule has 0 amide bonds. The molecule has 0 fully saturated rings. The average Bonchev–Trinajstić information content (AvgIpc) is 3.25. The lowest BCUT2D eigenvalue weighted by Gasteiger charge is -2.03. The molecule has 0 radical (unpaired) electrons. The molecule has 3 aromatic rings. The van der Waals surface area contributed by atoms with Gasteiger partial charge in [0, 0.05) is 6.20 Å². The second kappa shape index (κ2) is 6.79. The second-order valence-corrected chi connectivity index (χ2v) is 4.95. The number of aromatic nitrogens is 2. The van der Waals surface area contributed by atoms with Crippen molar-refractivity contribution in [2.24, 2.45) is 0 Å². The highest BCUT2D eigenvalue weighted by Crippen LogP contribution is 2.12. The molecule has 2 aromatic heterocycles. The van der Waals surface area contributed by atoms with Gasteiger partial charge in [-0.25, -0.2) is 4.68 Å². The first-order valence-corrected chi connectivity index (χ1v) is 7.18. The summed E-state index contributed by atoms with van der Waals surface area (Å²) in [7, 11) is 1.61. The zero-order valence-corrected chi connectivity index (χ0v) is 12.7. The van der Waals surface area contributed by atoms with Gasteiger partial charge in [-0.15, -0.1) is 0 Å². The van der Waals surface area contributed by atoms with Crippen molar-refractivity contribution in [1.82, 2.24) is 9.78 Å². The number of carbonyl (C=O) groups is 1. The van der Waals surface area contributed by atoms with E-state index < -0.39 is 0 Å². The maximum atomic E-state index is 12.2. The first-order valence-electron chi connectivity index (χ1n) is 7.18. The number of furan rings is 1. The van der Waals surface area contributed by atoms with E-state index >= 15 is 0 Å². The third kappa shape index (κ3) is 3.77. The fourth-order valence-corrected chi connectivity index (χ4v) is 2.12. The minimum absolute atomic E-state index is 0.0900. The number of hydrogen-bond acceptors (Lipinski definition) is 4. The number of methoxy groups -OCH3 is 1. The van der Waals surface area contributed by atoms with E-state index in [4.69, 9.17) is 9.15 Å². The van der Waals surface area contributed by atoms with Crippen molar-refractivity contribution in [1.29, 1.82) is 0 Å². The van der Waals surface area contributed by atoms with Gasteiger partial charge in [0.15, 0.2) is 0 Å². The van der Waals surface area contributed by atoms with Crippen LogP contribution in [0.25, 0.3) is 12.2 Å². The van der Waals surface area contributed by atoms with Crippen LogP contribution in [0, 0.1) is 0 Å². The van der Waals surface area contributed by atoms with E-state index in [1.54, 1.807) is 37.8 Å². The Hall–Kier alpha value is -3.08. The van der Waals surface area contributed by atoms with Gasteiger partial charge in [0.25, 0.3) is 5.91 Å². The quantitative estimate of drug-likeness (QED) is 0.723. The van der Waals surface area contributed by atoms with Crippen LogP contribution in [0.1, 0.15) is 21.8 Å². The summed E-state index contributed by atoms with van der Waals surface area (Å²) < 4.78 is 11.7. The number of rotatable bonds is 5. The zero-order chi connectivity index (χ0) is 16.1. The second-order valence-electron chi connectivity index (χ2n) is 4.95. The SMILES string of the molecule is COc1ccc(CC(=O)n2ccc(/C=C/c3ccco3)n2)cc1. The number of hydrogen-bond donors (Lipinski definition) is 0. The first-order chi connectivity index (χ1) is 11.2. The van der Waals surface area contributed by atoms with Gasteiger partial charge < -0.3 is 9.15 Å². The van der Waals surface area contributed by atoms with Gasteiger partial charge in [-0.3, -0.25) is 4.79 Å². The molecular formula is C18H16N2O3. The Bertz CT molecular complexity index is 799. The maximum Gasteiger partial charge on any atom is 0.251 e. The number of carbonyl (C=O) groups excluding carboxylic acids is 1. The van der Waals surface area contributed by atoms with E-state index in [9.17, 15) is 4.79 Å². The van der Waals surface area contributed by atoms with Gasteiger partial charge in [-0.2, -0.15) is 5.10 Å². The van der Waals surface area contributed by atoms with Crippen LogP contribution in [0.2, 0.25) is 0 Å². The van der Waals surface area contributed by atoms with E-state index in [0.29, 0.717) is 5.69 Å². The number of nitrogens with zero attached hydrogens (tertiary/aromatic N) is 2. The normalized spacial score (nSPS) is 11.0. The molecule has 116 valence electrons. The summed E-state index contributed by atoms with van der Waals surface area (Å²) in [6.45, 7) is 0. The van der Waals surface area contributed by atoms with Crippen LogP contribution in [0.5, 0.6) is 5.75 Å². The molecule has 2 heterocycles. The molecule has 0 aliphatic carbocycles. The van der Waals surface area contributed by atoms with Crippen molar-refractivity contribution >= 4 is 18.1 Å². The molecule has 0 spiro atoms. The number of benzene rings is 1. The lowest BCUT2D eigenvalue weighted by atomic mass is 10.1. The summed E-state index contributed by atoms with van der Waals surface area (Å²) in [5, 5.41) is 4.25. The number of ether oxygens (including phenoxy) is 1. The van der Waals surface area contributed by atoms with Crippen molar-refractivity contribution in [3.8, 4) is 5.75 Å². The van der Waals surface area contributed by atoms with Crippen molar-refractivity contribution in [2.45, 2.75) is 6.42 Å². The third-order valence-electron chi connectivity index (χ3n) is 3.34. The molecule has 0 aliphatic heterocycles. The van der Waals surface area contributed by atoms with Crippen LogP contribution in [0.3, 0.4) is 0 Å². The van der Waals surface area contributed by atoms with Gasteiger partial charge in [0.1, 0.15) is 11.5 Å². The van der Waals surface area contributed by atoms with Crippen LogP contribution in [-0.4, -0.2) is 22.8 Å². The van der Waals surface area contributed by atoms with Gasteiger partial charge >= 0.3 is 0 Å². The zero-order valence-electron chi connectivity index (χ0n) is 12.7. The smallest absolute Gasteiger partial charge is 0.251 e. The minimum Gasteiger partial charge on any atom is -0.497 e. The van der Waals surface area contributed by atoms with Gasteiger partial charge in [0.05, 0.1) is 25.5 Å². The summed E-state index contributed by atoms with van der Waals surface area (Å²) in [5.41, 5.74) is 1.61. The fraction of sp³-hybridized carbons (Fsp3) is 0.111. The molecule has 0 saturated heterocycles. The lowest BCUT2D eigenvalue weighted by molar-refractivity contribution is 0.0898. The van der Waals surface area contributed by atoms with Crippen LogP contribution in [0.15, 0.2) is 59.3 Å². The molecule has 0 unspecified atom stereocenters. The standard InChI is InChI=1S/C18H16N2O3/c1-22-16-7-4-14(5-8-16)13-18(21)20-11-10-15(19-20)6-9-17-3-2-12-23-17/h2-12H,13H2,1H3/b9-6+. The van der Waals surface area contributed by atoms with Crippen molar-refractivity contribution in [3.05, 3.63) is 71.9 Å². The van der Waals surface area contributed by atoms with Crippen LogP contribution in [0.4, 0.5) is 0 Å². The topological polar surface area (TPSA) is 57.3 Å². The Morgan fingerprint density at radius 3 is 2.74 bits per heavy atom. The van der Waals surface area contributed by atoms with Crippen molar-refractivity contribution in [3.63, 3.8) is 0 Å². The van der Waals surface area contributed by atoms with Crippen molar-refractivity contribution in [2.75, 3.05) is 7.11 Å². The van der Waals surface area contributed by atoms with Gasteiger partial charge in [-0.05, 0) is 48.0 Å². The molecule has 1 aromatic carbocycles. The monoisotopic (exact) mass is 308 g/mol. The molecular weight excluding hydrogens is 292 g/mol. The summed E-state index contributed by atoms with van der Waals surface area (Å²) in [6, 6.07) is 12.9. The Kier molecular flexibility index (Phi) is 4.38. The Morgan fingerprint density at radius 2 is 2.04 bits per heavy atom. The molecule has 5 heteroatoms. The fourth-order valence-electron chi connectivity index (χ4n) is 2.12. The van der Waals surface area contributed by atoms with Crippen molar-refractivity contribution < 1.29 is 13.9 Å². The Morgan fingerprint density at radius 1 is 1.22 bits per heavy atom. The highest BCUT2D eigenvalue weighted by atomic mass is 16.5. The molecule has 0 N–H and O–H groups in total. The molecule has 0 saturated carbocycles. The van der Waals surface area contributed by atoms with Crippen LogP contribution < -0.4 is 4.74 Å². The van der Waals surface area contributed by atoms with Gasteiger partial charge in [0.2, 0.25) is 0 Å². The van der Waals surface area contributed by atoms with E-state index in [2.05, 4.69) is 5.10 Å². The lowest BCUT2D eigenvalue weighted by Crippen LogP contribution is -2.14. The molecule has 0 aliphatic rings. The third-order valence-corrected chi connectivity index (χ3v) is 3.34. The highest BCUT2D eigenvalue weighted by Gasteiger charge is 2.08.